The van der Waals surface area contributed by atoms with E-state index in [1.165, 1.54) is 18.3 Å². The van der Waals surface area contributed by atoms with Gasteiger partial charge in [0.2, 0.25) is 11.8 Å². The van der Waals surface area contributed by atoms with Gasteiger partial charge in [-0.3, -0.25) is 15.0 Å². The number of carbonyl (C=O) groups excluding carboxylic acids is 3. The highest BCUT2D eigenvalue weighted by molar-refractivity contribution is 7.14. The van der Waals surface area contributed by atoms with Gasteiger partial charge in [-0.05, 0) is 24.1 Å². The number of aromatic nitrogens is 1. The minimum atomic E-state index is -0.955. The standard InChI is InChI=1S/C24H24N4O4S/c1-3-19(21(25)23(31)32-13-16-8-5-4-6-9-16)22(30)28-24-27-20(14-33-24)17-10-7-11-18(12-17)26-15(2)29/h4-12,14,19,25H,3,13H2,1-2H3,(H,26,29)(H,27,28,30). The Morgan fingerprint density at radius 2 is 1.85 bits per heavy atom. The van der Waals surface area contributed by atoms with E-state index in [1.807, 2.05) is 36.4 Å². The Labute approximate surface area is 195 Å². The second kappa shape index (κ2) is 11.1. The van der Waals surface area contributed by atoms with Crippen LogP contribution in [0, 0.1) is 11.3 Å². The van der Waals surface area contributed by atoms with Crippen molar-refractivity contribution in [2.75, 3.05) is 10.6 Å². The third-order valence-corrected chi connectivity index (χ3v) is 5.48. The van der Waals surface area contributed by atoms with Crippen LogP contribution in [0.5, 0.6) is 0 Å². The van der Waals surface area contributed by atoms with Crippen LogP contribution < -0.4 is 10.6 Å². The molecule has 0 saturated carbocycles. The molecule has 1 atom stereocenters. The molecule has 0 aliphatic rings. The second-order valence-electron chi connectivity index (χ2n) is 7.23. The summed E-state index contributed by atoms with van der Waals surface area (Å²) in [6.45, 7) is 3.19. The predicted molar refractivity (Wildman–Crippen MR) is 128 cm³/mol. The van der Waals surface area contributed by atoms with Crippen molar-refractivity contribution in [3.8, 4) is 11.3 Å². The van der Waals surface area contributed by atoms with Gasteiger partial charge in [-0.25, -0.2) is 9.78 Å². The molecule has 0 bridgehead atoms. The quantitative estimate of drug-likeness (QED) is 0.318. The van der Waals surface area contributed by atoms with Crippen LogP contribution in [-0.2, 0) is 25.7 Å². The van der Waals surface area contributed by atoms with E-state index in [1.54, 1.807) is 30.5 Å². The van der Waals surface area contributed by atoms with Crippen LogP contribution in [0.2, 0.25) is 0 Å². The zero-order valence-electron chi connectivity index (χ0n) is 18.3. The number of benzene rings is 2. The maximum absolute atomic E-state index is 12.7. The molecule has 9 heteroatoms. The van der Waals surface area contributed by atoms with Crippen molar-refractivity contribution >= 4 is 45.7 Å². The van der Waals surface area contributed by atoms with Gasteiger partial charge in [0.1, 0.15) is 12.3 Å². The molecular weight excluding hydrogens is 440 g/mol. The zero-order valence-corrected chi connectivity index (χ0v) is 19.1. The molecule has 8 nitrogen and oxygen atoms in total. The van der Waals surface area contributed by atoms with Crippen LogP contribution in [0.1, 0.15) is 25.8 Å². The molecule has 1 heterocycles. The van der Waals surface area contributed by atoms with Crippen molar-refractivity contribution in [1.82, 2.24) is 4.98 Å². The first-order chi connectivity index (χ1) is 15.9. The fraction of sp³-hybridized carbons (Fsp3) is 0.208. The number of carbonyl (C=O) groups is 3. The summed E-state index contributed by atoms with van der Waals surface area (Å²) in [5.74, 6) is -2.44. The molecule has 33 heavy (non-hydrogen) atoms. The first kappa shape index (κ1) is 23.8. The average molecular weight is 465 g/mol. The largest absolute Gasteiger partial charge is 0.456 e. The van der Waals surface area contributed by atoms with Gasteiger partial charge in [-0.1, -0.05) is 49.4 Å². The lowest BCUT2D eigenvalue weighted by Gasteiger charge is -2.14. The van der Waals surface area contributed by atoms with Crippen LogP contribution in [0.3, 0.4) is 0 Å². The van der Waals surface area contributed by atoms with E-state index in [0.717, 1.165) is 11.1 Å². The van der Waals surface area contributed by atoms with E-state index in [0.29, 0.717) is 16.5 Å². The minimum absolute atomic E-state index is 0.0352. The van der Waals surface area contributed by atoms with Crippen molar-refractivity contribution in [2.45, 2.75) is 26.9 Å². The van der Waals surface area contributed by atoms with Crippen molar-refractivity contribution in [3.63, 3.8) is 0 Å². The van der Waals surface area contributed by atoms with Crippen LogP contribution >= 0.6 is 11.3 Å². The smallest absolute Gasteiger partial charge is 0.353 e. The predicted octanol–water partition coefficient (Wildman–Crippen LogP) is 4.50. The first-order valence-electron chi connectivity index (χ1n) is 10.3. The normalized spacial score (nSPS) is 11.3. The highest BCUT2D eigenvalue weighted by Gasteiger charge is 2.28. The summed E-state index contributed by atoms with van der Waals surface area (Å²) in [5, 5.41) is 15.7. The number of nitrogens with one attached hydrogen (secondary N) is 3. The van der Waals surface area contributed by atoms with Crippen molar-refractivity contribution < 1.29 is 19.1 Å². The number of amides is 2. The van der Waals surface area contributed by atoms with Crippen molar-refractivity contribution in [1.29, 1.82) is 5.41 Å². The van der Waals surface area contributed by atoms with Crippen LogP contribution in [0.15, 0.2) is 60.0 Å². The number of anilines is 2. The molecule has 0 radical (unpaired) electrons. The van der Waals surface area contributed by atoms with Crippen LogP contribution in [0.4, 0.5) is 10.8 Å². The maximum Gasteiger partial charge on any atom is 0.353 e. The van der Waals surface area contributed by atoms with Gasteiger partial charge < -0.3 is 15.4 Å². The molecule has 0 fully saturated rings. The topological polar surface area (TPSA) is 121 Å². The Kier molecular flexibility index (Phi) is 8.04. The van der Waals surface area contributed by atoms with Gasteiger partial charge in [0, 0.05) is 23.6 Å². The van der Waals surface area contributed by atoms with E-state index in [-0.39, 0.29) is 18.9 Å². The fourth-order valence-corrected chi connectivity index (χ4v) is 3.80. The summed E-state index contributed by atoms with van der Waals surface area (Å²) in [5.41, 5.74) is 2.46. The second-order valence-corrected chi connectivity index (χ2v) is 8.08. The monoisotopic (exact) mass is 464 g/mol. The third-order valence-electron chi connectivity index (χ3n) is 4.72. The Balaban J connectivity index is 1.62. The number of hydrogen-bond donors (Lipinski definition) is 3. The molecule has 3 N–H and O–H groups in total. The van der Waals surface area contributed by atoms with Gasteiger partial charge >= 0.3 is 5.97 Å². The molecule has 0 saturated heterocycles. The van der Waals surface area contributed by atoms with Crippen LogP contribution in [0.25, 0.3) is 11.3 Å². The SMILES string of the molecule is CCC(C(=N)C(=O)OCc1ccccc1)C(=O)Nc1nc(-c2cccc(NC(C)=O)c2)cs1. The zero-order chi connectivity index (χ0) is 23.8. The number of hydrogen-bond acceptors (Lipinski definition) is 7. The van der Waals surface area contributed by atoms with E-state index in [2.05, 4.69) is 15.6 Å². The van der Waals surface area contributed by atoms with Gasteiger partial charge in [-0.2, -0.15) is 0 Å². The third kappa shape index (κ3) is 6.56. The Bertz CT molecular complexity index is 1160. The number of nitrogens with zero attached hydrogens (tertiary/aromatic N) is 1. The van der Waals surface area contributed by atoms with E-state index in [4.69, 9.17) is 10.1 Å². The van der Waals surface area contributed by atoms with Gasteiger partial charge in [0.15, 0.2) is 5.13 Å². The number of ether oxygens (including phenoxy) is 1. The summed E-state index contributed by atoms with van der Waals surface area (Å²) in [4.78, 5) is 40.7. The lowest BCUT2D eigenvalue weighted by molar-refractivity contribution is -0.137. The van der Waals surface area contributed by atoms with Gasteiger partial charge in [0.05, 0.1) is 11.6 Å². The van der Waals surface area contributed by atoms with Crippen molar-refractivity contribution in [3.05, 3.63) is 65.5 Å². The highest BCUT2D eigenvalue weighted by atomic mass is 32.1. The number of esters is 1. The molecule has 0 spiro atoms. The van der Waals surface area contributed by atoms with Gasteiger partial charge in [0.25, 0.3) is 0 Å². The molecule has 0 aliphatic carbocycles. The molecule has 3 aromatic rings. The fourth-order valence-electron chi connectivity index (χ4n) is 3.08. The molecule has 1 aromatic heterocycles. The van der Waals surface area contributed by atoms with Gasteiger partial charge in [-0.15, -0.1) is 11.3 Å². The summed E-state index contributed by atoms with van der Waals surface area (Å²) >= 11 is 1.23. The Morgan fingerprint density at radius 1 is 1.09 bits per heavy atom. The van der Waals surface area contributed by atoms with E-state index < -0.39 is 23.5 Å². The highest BCUT2D eigenvalue weighted by Crippen LogP contribution is 2.27. The lowest BCUT2D eigenvalue weighted by Crippen LogP contribution is -2.34. The molecule has 2 aromatic carbocycles. The molecule has 1 unspecified atom stereocenters. The summed E-state index contributed by atoms with van der Waals surface area (Å²) in [6, 6.07) is 16.3. The first-order valence-corrected chi connectivity index (χ1v) is 11.2. The minimum Gasteiger partial charge on any atom is -0.456 e. The molecule has 2 amide bonds. The molecule has 0 aliphatic heterocycles. The Hall–Kier alpha value is -3.85. The van der Waals surface area contributed by atoms with Crippen molar-refractivity contribution in [2.24, 2.45) is 5.92 Å². The van der Waals surface area contributed by atoms with Crippen LogP contribution in [-0.4, -0.2) is 28.5 Å². The maximum atomic E-state index is 12.7. The summed E-state index contributed by atoms with van der Waals surface area (Å²) in [7, 11) is 0. The number of rotatable bonds is 9. The molecular formula is C24H24N4O4S. The number of thiazole rings is 1. The Morgan fingerprint density at radius 3 is 2.55 bits per heavy atom. The summed E-state index contributed by atoms with van der Waals surface area (Å²) < 4.78 is 5.19. The van der Waals surface area contributed by atoms with E-state index >= 15 is 0 Å². The average Bonchev–Trinajstić information content (AvgIpc) is 3.26. The summed E-state index contributed by atoms with van der Waals surface area (Å²) in [6.07, 6.45) is 0.266. The lowest BCUT2D eigenvalue weighted by atomic mass is 9.99. The van der Waals surface area contributed by atoms with E-state index in [9.17, 15) is 14.4 Å². The molecule has 170 valence electrons. The molecule has 3 rings (SSSR count).